The van der Waals surface area contributed by atoms with E-state index in [1.807, 2.05) is 60.7 Å². The third-order valence-electron chi connectivity index (χ3n) is 7.56. The molecule has 3 aliphatic heterocycles. The van der Waals surface area contributed by atoms with Gasteiger partial charge in [-0.1, -0.05) is 66.7 Å². The summed E-state index contributed by atoms with van der Waals surface area (Å²) in [5.41, 5.74) is 0.582. The Hall–Kier alpha value is -4.17. The Morgan fingerprint density at radius 2 is 1.54 bits per heavy atom. The second-order valence-corrected chi connectivity index (χ2v) is 9.72. The number of rotatable bonds is 6. The van der Waals surface area contributed by atoms with Gasteiger partial charge in [-0.2, -0.15) is 0 Å². The van der Waals surface area contributed by atoms with Gasteiger partial charge in [0, 0.05) is 12.5 Å². The number of aliphatic carboxylic acids is 1. The SMILES string of the molecule is O=C1C2C(c3ccc4c(c3)OCCO4)NC(Cc3ccccc3)(C(=O)O)C2C(=O)N1Cc1ccccc1. The lowest BCUT2D eigenvalue weighted by molar-refractivity contribution is -0.151. The van der Waals surface area contributed by atoms with Gasteiger partial charge >= 0.3 is 5.97 Å². The number of carbonyl (C=O) groups excluding carboxylic acids is 2. The minimum absolute atomic E-state index is 0.0591. The van der Waals surface area contributed by atoms with Crippen LogP contribution in [0.3, 0.4) is 0 Å². The van der Waals surface area contributed by atoms with Gasteiger partial charge in [0.1, 0.15) is 18.8 Å². The van der Waals surface area contributed by atoms with E-state index in [0.29, 0.717) is 30.3 Å². The van der Waals surface area contributed by atoms with Crippen LogP contribution in [0.1, 0.15) is 22.7 Å². The third kappa shape index (κ3) is 3.84. The molecule has 2 saturated heterocycles. The van der Waals surface area contributed by atoms with Crippen LogP contribution in [0.25, 0.3) is 0 Å². The Balaban J connectivity index is 1.44. The van der Waals surface area contributed by atoms with E-state index in [1.165, 1.54) is 4.90 Å². The molecule has 3 aromatic rings. The minimum Gasteiger partial charge on any atom is -0.486 e. The zero-order valence-electron chi connectivity index (χ0n) is 20.0. The number of nitrogens with zero attached hydrogens (tertiary/aromatic N) is 1. The van der Waals surface area contributed by atoms with Crippen molar-refractivity contribution in [2.24, 2.45) is 11.8 Å². The fourth-order valence-corrected chi connectivity index (χ4v) is 5.88. The van der Waals surface area contributed by atoms with Gasteiger partial charge in [0.25, 0.3) is 0 Å². The fraction of sp³-hybridized carbons (Fsp3) is 0.276. The van der Waals surface area contributed by atoms with Crippen LogP contribution in [0.5, 0.6) is 11.5 Å². The van der Waals surface area contributed by atoms with Crippen LogP contribution in [0.4, 0.5) is 0 Å². The molecule has 0 saturated carbocycles. The number of nitrogens with one attached hydrogen (secondary N) is 1. The highest BCUT2D eigenvalue weighted by atomic mass is 16.6. The maximum Gasteiger partial charge on any atom is 0.325 e. The molecule has 0 aliphatic carbocycles. The van der Waals surface area contributed by atoms with Crippen molar-refractivity contribution in [1.82, 2.24) is 10.2 Å². The number of imide groups is 1. The fourth-order valence-electron chi connectivity index (χ4n) is 5.88. The molecule has 0 spiro atoms. The van der Waals surface area contributed by atoms with Crippen LogP contribution in [0.15, 0.2) is 78.9 Å². The summed E-state index contributed by atoms with van der Waals surface area (Å²) in [5, 5.41) is 13.9. The van der Waals surface area contributed by atoms with E-state index in [2.05, 4.69) is 5.32 Å². The predicted molar refractivity (Wildman–Crippen MR) is 133 cm³/mol. The maximum absolute atomic E-state index is 13.9. The summed E-state index contributed by atoms with van der Waals surface area (Å²) in [6, 6.07) is 23.1. The van der Waals surface area contributed by atoms with Gasteiger partial charge in [-0.3, -0.25) is 24.6 Å². The molecule has 3 aliphatic rings. The number of carboxylic acids is 1. The number of fused-ring (bicyclic) bond motifs is 2. The monoisotopic (exact) mass is 498 g/mol. The summed E-state index contributed by atoms with van der Waals surface area (Å²) in [6.07, 6.45) is 0.0591. The Morgan fingerprint density at radius 1 is 0.892 bits per heavy atom. The van der Waals surface area contributed by atoms with E-state index >= 15 is 0 Å². The van der Waals surface area contributed by atoms with Gasteiger partial charge in [-0.05, 0) is 28.8 Å². The van der Waals surface area contributed by atoms with E-state index in [4.69, 9.17) is 9.47 Å². The van der Waals surface area contributed by atoms with Crippen molar-refractivity contribution >= 4 is 17.8 Å². The lowest BCUT2D eigenvalue weighted by atomic mass is 9.76. The van der Waals surface area contributed by atoms with Gasteiger partial charge < -0.3 is 14.6 Å². The summed E-state index contributed by atoms with van der Waals surface area (Å²) in [4.78, 5) is 42.0. The van der Waals surface area contributed by atoms with Crippen molar-refractivity contribution in [2.45, 2.75) is 24.5 Å². The van der Waals surface area contributed by atoms with Crippen LogP contribution >= 0.6 is 0 Å². The number of ether oxygens (including phenoxy) is 2. The second-order valence-electron chi connectivity index (χ2n) is 9.72. The van der Waals surface area contributed by atoms with E-state index in [1.54, 1.807) is 18.2 Å². The normalized spacial score (nSPS) is 26.3. The highest BCUT2D eigenvalue weighted by Gasteiger charge is 2.68. The molecule has 8 nitrogen and oxygen atoms in total. The number of carbonyl (C=O) groups is 3. The highest BCUT2D eigenvalue weighted by Crippen LogP contribution is 2.51. The number of carboxylic acid groups (broad SMARTS) is 1. The summed E-state index contributed by atoms with van der Waals surface area (Å²) in [7, 11) is 0. The Kier molecular flexibility index (Phi) is 5.68. The first-order chi connectivity index (χ1) is 18.0. The molecular formula is C29H26N2O6. The number of hydrogen-bond donors (Lipinski definition) is 2. The zero-order valence-corrected chi connectivity index (χ0v) is 20.0. The molecule has 0 aromatic heterocycles. The Morgan fingerprint density at radius 3 is 2.22 bits per heavy atom. The van der Waals surface area contributed by atoms with Gasteiger partial charge in [0.05, 0.1) is 18.4 Å². The first-order valence-corrected chi connectivity index (χ1v) is 12.3. The first kappa shape index (κ1) is 23.2. The van der Waals surface area contributed by atoms with Crippen LogP contribution in [0.2, 0.25) is 0 Å². The average molecular weight is 499 g/mol. The van der Waals surface area contributed by atoms with Crippen LogP contribution in [-0.4, -0.2) is 46.5 Å². The molecule has 3 aromatic carbocycles. The summed E-state index contributed by atoms with van der Waals surface area (Å²) >= 11 is 0. The molecule has 37 heavy (non-hydrogen) atoms. The van der Waals surface area contributed by atoms with Crippen molar-refractivity contribution in [1.29, 1.82) is 0 Å². The van der Waals surface area contributed by atoms with Crippen molar-refractivity contribution in [3.8, 4) is 11.5 Å². The van der Waals surface area contributed by atoms with E-state index < -0.39 is 35.3 Å². The van der Waals surface area contributed by atoms with Gasteiger partial charge in [-0.15, -0.1) is 0 Å². The smallest absolute Gasteiger partial charge is 0.325 e. The largest absolute Gasteiger partial charge is 0.486 e. The number of likely N-dealkylation sites (tertiary alicyclic amines) is 1. The third-order valence-corrected chi connectivity index (χ3v) is 7.56. The van der Waals surface area contributed by atoms with Crippen molar-refractivity contribution in [3.63, 3.8) is 0 Å². The van der Waals surface area contributed by atoms with Crippen LogP contribution in [-0.2, 0) is 27.3 Å². The van der Waals surface area contributed by atoms with Gasteiger partial charge in [0.2, 0.25) is 11.8 Å². The van der Waals surface area contributed by atoms with Crippen molar-refractivity contribution < 1.29 is 29.0 Å². The number of amides is 2. The molecule has 188 valence electrons. The minimum atomic E-state index is -1.66. The summed E-state index contributed by atoms with van der Waals surface area (Å²) < 4.78 is 11.4. The number of benzene rings is 3. The summed E-state index contributed by atoms with van der Waals surface area (Å²) in [5.74, 6) is -2.81. The molecule has 4 unspecified atom stereocenters. The maximum atomic E-state index is 13.9. The van der Waals surface area contributed by atoms with Crippen LogP contribution < -0.4 is 14.8 Å². The Bertz CT molecular complexity index is 1360. The summed E-state index contributed by atoms with van der Waals surface area (Å²) in [6.45, 7) is 0.940. The quantitative estimate of drug-likeness (QED) is 0.504. The lowest BCUT2D eigenvalue weighted by Crippen LogP contribution is -2.57. The molecule has 3 heterocycles. The van der Waals surface area contributed by atoms with Gasteiger partial charge in [-0.25, -0.2) is 0 Å². The molecule has 0 bridgehead atoms. The molecule has 4 atom stereocenters. The lowest BCUT2D eigenvalue weighted by Gasteiger charge is -2.31. The molecule has 8 heteroatoms. The van der Waals surface area contributed by atoms with E-state index in [0.717, 1.165) is 11.1 Å². The van der Waals surface area contributed by atoms with Gasteiger partial charge in [0.15, 0.2) is 11.5 Å². The molecule has 0 radical (unpaired) electrons. The van der Waals surface area contributed by atoms with Crippen LogP contribution in [0, 0.1) is 11.8 Å². The zero-order chi connectivity index (χ0) is 25.6. The van der Waals surface area contributed by atoms with Crippen molar-refractivity contribution in [2.75, 3.05) is 13.2 Å². The topological polar surface area (TPSA) is 105 Å². The average Bonchev–Trinajstić information content (AvgIpc) is 3.39. The highest BCUT2D eigenvalue weighted by molar-refractivity contribution is 6.09. The van der Waals surface area contributed by atoms with Crippen molar-refractivity contribution in [3.05, 3.63) is 95.6 Å². The molecule has 2 N–H and O–H groups in total. The number of hydrogen-bond acceptors (Lipinski definition) is 6. The predicted octanol–water partition coefficient (Wildman–Crippen LogP) is 2.97. The standard InChI is InChI=1S/C29H26N2O6/c32-26-23-24(27(33)31(26)17-19-9-5-2-6-10-19)29(28(34)35,16-18-7-3-1-4-8-18)30-25(23)20-11-12-21-22(15-20)37-14-13-36-21/h1-12,15,23-25,30H,13-14,16-17H2,(H,34,35). The molecule has 2 amide bonds. The van der Waals surface area contributed by atoms with E-state index in [9.17, 15) is 19.5 Å². The molecule has 6 rings (SSSR count). The van der Waals surface area contributed by atoms with E-state index in [-0.39, 0.29) is 18.9 Å². The first-order valence-electron chi connectivity index (χ1n) is 12.3. The molecular weight excluding hydrogens is 472 g/mol. The molecule has 2 fully saturated rings. The Labute approximate surface area is 213 Å². The second kappa shape index (κ2) is 9.05.